The highest BCUT2D eigenvalue weighted by Crippen LogP contribution is 2.25. The van der Waals surface area contributed by atoms with Crippen molar-refractivity contribution in [1.82, 2.24) is 19.6 Å². The van der Waals surface area contributed by atoms with E-state index in [1.54, 1.807) is 31.1 Å². The van der Waals surface area contributed by atoms with Crippen LogP contribution >= 0.6 is 0 Å². The minimum atomic E-state index is -0.225. The summed E-state index contributed by atoms with van der Waals surface area (Å²) in [6, 6.07) is 5.76. The largest absolute Gasteiger partial charge is 0.497 e. The van der Waals surface area contributed by atoms with Gasteiger partial charge in [-0.2, -0.15) is 5.10 Å². The monoisotopic (exact) mass is 369 g/mol. The summed E-state index contributed by atoms with van der Waals surface area (Å²) in [5.74, 6) is 2.99. The molecule has 1 aliphatic heterocycles. The molecule has 3 heterocycles. The van der Waals surface area contributed by atoms with E-state index in [1.165, 1.54) is 0 Å². The normalized spacial score (nSPS) is 15.3. The second-order valence-corrected chi connectivity index (χ2v) is 6.66. The number of methoxy groups -OCH3 is 2. The Balaban J connectivity index is 1.63. The van der Waals surface area contributed by atoms with Gasteiger partial charge in [0.25, 0.3) is 0 Å². The van der Waals surface area contributed by atoms with Crippen LogP contribution in [-0.2, 0) is 6.42 Å². The Morgan fingerprint density at radius 3 is 2.48 bits per heavy atom. The summed E-state index contributed by atoms with van der Waals surface area (Å²) in [6.07, 6.45) is 5.37. The van der Waals surface area contributed by atoms with Crippen LogP contribution in [0.25, 0.3) is 5.65 Å². The molecule has 0 bridgehead atoms. The fourth-order valence-electron chi connectivity index (χ4n) is 3.38. The van der Waals surface area contributed by atoms with E-state index in [9.17, 15) is 5.11 Å². The molecule has 0 unspecified atom stereocenters. The first-order valence-electron chi connectivity index (χ1n) is 9.01. The summed E-state index contributed by atoms with van der Waals surface area (Å²) < 4.78 is 12.4. The average molecular weight is 369 g/mol. The molecule has 0 radical (unpaired) electrons. The Labute approximate surface area is 157 Å². The number of aliphatic hydroxyl groups is 1. The summed E-state index contributed by atoms with van der Waals surface area (Å²) in [4.78, 5) is 11.4. The third-order valence-corrected chi connectivity index (χ3v) is 4.82. The maximum atomic E-state index is 9.74. The van der Waals surface area contributed by atoms with E-state index in [1.807, 2.05) is 18.2 Å². The van der Waals surface area contributed by atoms with E-state index in [2.05, 4.69) is 15.0 Å². The van der Waals surface area contributed by atoms with Crippen molar-refractivity contribution in [2.75, 3.05) is 32.2 Å². The summed E-state index contributed by atoms with van der Waals surface area (Å²) in [6.45, 7) is 1.53. The van der Waals surface area contributed by atoms with Gasteiger partial charge in [0.05, 0.1) is 20.3 Å². The van der Waals surface area contributed by atoms with Crippen LogP contribution in [0.5, 0.6) is 11.5 Å². The number of anilines is 1. The van der Waals surface area contributed by atoms with Crippen molar-refractivity contribution in [2.24, 2.45) is 0 Å². The molecule has 1 saturated heterocycles. The summed E-state index contributed by atoms with van der Waals surface area (Å²) in [5, 5.41) is 14.3. The van der Waals surface area contributed by atoms with Gasteiger partial charge in [-0.05, 0) is 30.5 Å². The number of aromatic nitrogens is 4. The zero-order chi connectivity index (χ0) is 18.8. The Morgan fingerprint density at radius 1 is 1.11 bits per heavy atom. The first-order chi connectivity index (χ1) is 13.2. The molecule has 1 aliphatic rings. The molecular weight excluding hydrogens is 346 g/mol. The van der Waals surface area contributed by atoms with Gasteiger partial charge in [-0.25, -0.2) is 14.5 Å². The molecular formula is C19H23N5O3. The molecule has 1 N–H and O–H groups in total. The molecule has 8 heteroatoms. The average Bonchev–Trinajstić information content (AvgIpc) is 3.10. The van der Waals surface area contributed by atoms with Crippen LogP contribution in [0.2, 0.25) is 0 Å². The van der Waals surface area contributed by atoms with Crippen molar-refractivity contribution in [3.05, 3.63) is 42.0 Å². The highest BCUT2D eigenvalue weighted by atomic mass is 16.5. The van der Waals surface area contributed by atoms with Crippen molar-refractivity contribution in [1.29, 1.82) is 0 Å². The van der Waals surface area contributed by atoms with Crippen LogP contribution in [0.1, 0.15) is 24.2 Å². The van der Waals surface area contributed by atoms with Crippen LogP contribution in [0.3, 0.4) is 0 Å². The van der Waals surface area contributed by atoms with Gasteiger partial charge in [-0.15, -0.1) is 0 Å². The first kappa shape index (κ1) is 17.5. The SMILES string of the molecule is COc1cc(Cc2nc3c(N4CCC(O)CC4)nccn3n2)cc(OC)c1. The minimum Gasteiger partial charge on any atom is -0.497 e. The lowest BCUT2D eigenvalue weighted by molar-refractivity contribution is 0.145. The molecule has 27 heavy (non-hydrogen) atoms. The van der Waals surface area contributed by atoms with Gasteiger partial charge in [0.15, 0.2) is 17.3 Å². The highest BCUT2D eigenvalue weighted by molar-refractivity contribution is 5.63. The van der Waals surface area contributed by atoms with Crippen LogP contribution in [0.4, 0.5) is 5.82 Å². The van der Waals surface area contributed by atoms with Gasteiger partial charge in [0, 0.05) is 38.0 Å². The molecule has 1 aromatic carbocycles. The predicted molar refractivity (Wildman–Crippen MR) is 101 cm³/mol. The van der Waals surface area contributed by atoms with E-state index < -0.39 is 0 Å². The summed E-state index contributed by atoms with van der Waals surface area (Å²) in [5.41, 5.74) is 1.75. The van der Waals surface area contributed by atoms with E-state index in [-0.39, 0.29) is 6.10 Å². The van der Waals surface area contributed by atoms with Crippen molar-refractivity contribution >= 4 is 11.5 Å². The lowest BCUT2D eigenvalue weighted by Crippen LogP contribution is -2.36. The smallest absolute Gasteiger partial charge is 0.198 e. The fraction of sp³-hybridized carbons (Fsp3) is 0.421. The third-order valence-electron chi connectivity index (χ3n) is 4.82. The quantitative estimate of drug-likeness (QED) is 0.732. The van der Waals surface area contributed by atoms with Gasteiger partial charge >= 0.3 is 0 Å². The molecule has 142 valence electrons. The molecule has 0 spiro atoms. The standard InChI is InChI=1S/C19H23N5O3/c1-26-15-9-13(10-16(12-15)27-2)11-17-21-19-18(20-5-8-24(19)22-17)23-6-3-14(25)4-7-23/h5,8-10,12,14,25H,3-4,6-7,11H2,1-2H3. The third kappa shape index (κ3) is 3.66. The van der Waals surface area contributed by atoms with E-state index >= 15 is 0 Å². The number of fused-ring (bicyclic) bond motifs is 1. The predicted octanol–water partition coefficient (Wildman–Crippen LogP) is 1.69. The Hall–Kier alpha value is -2.87. The Bertz CT molecular complexity index is 912. The van der Waals surface area contributed by atoms with Crippen LogP contribution < -0.4 is 14.4 Å². The molecule has 0 saturated carbocycles. The molecule has 4 rings (SSSR count). The maximum absolute atomic E-state index is 9.74. The lowest BCUT2D eigenvalue weighted by Gasteiger charge is -2.30. The second kappa shape index (κ2) is 7.40. The van der Waals surface area contributed by atoms with Gasteiger partial charge < -0.3 is 19.5 Å². The maximum Gasteiger partial charge on any atom is 0.198 e. The summed E-state index contributed by atoms with van der Waals surface area (Å²) >= 11 is 0. The number of ether oxygens (including phenoxy) is 2. The molecule has 0 aliphatic carbocycles. The Kier molecular flexibility index (Phi) is 4.81. The Morgan fingerprint density at radius 2 is 1.81 bits per heavy atom. The van der Waals surface area contributed by atoms with Crippen molar-refractivity contribution in [3.8, 4) is 11.5 Å². The van der Waals surface area contributed by atoms with Crippen LogP contribution in [-0.4, -0.2) is 58.1 Å². The number of piperidine rings is 1. The number of benzene rings is 1. The zero-order valence-electron chi connectivity index (χ0n) is 15.5. The molecule has 8 nitrogen and oxygen atoms in total. The second-order valence-electron chi connectivity index (χ2n) is 6.66. The molecule has 0 amide bonds. The van der Waals surface area contributed by atoms with Gasteiger partial charge in [-0.3, -0.25) is 0 Å². The topological polar surface area (TPSA) is 85.0 Å². The molecule has 3 aromatic rings. The zero-order valence-corrected chi connectivity index (χ0v) is 15.5. The number of rotatable bonds is 5. The minimum absolute atomic E-state index is 0.225. The number of hydrogen-bond donors (Lipinski definition) is 1. The van der Waals surface area contributed by atoms with Gasteiger partial charge in [0.2, 0.25) is 0 Å². The molecule has 0 atom stereocenters. The first-order valence-corrected chi connectivity index (χ1v) is 9.01. The highest BCUT2D eigenvalue weighted by Gasteiger charge is 2.21. The van der Waals surface area contributed by atoms with Crippen molar-refractivity contribution in [3.63, 3.8) is 0 Å². The van der Waals surface area contributed by atoms with Crippen LogP contribution in [0.15, 0.2) is 30.6 Å². The van der Waals surface area contributed by atoms with E-state index in [0.29, 0.717) is 12.2 Å². The van der Waals surface area contributed by atoms with Gasteiger partial charge in [0.1, 0.15) is 11.5 Å². The molecule has 1 fully saturated rings. The number of aliphatic hydroxyl groups excluding tert-OH is 1. The van der Waals surface area contributed by atoms with Crippen molar-refractivity contribution in [2.45, 2.75) is 25.4 Å². The van der Waals surface area contributed by atoms with E-state index in [4.69, 9.17) is 14.5 Å². The fourth-order valence-corrected chi connectivity index (χ4v) is 3.38. The number of nitrogens with zero attached hydrogens (tertiary/aromatic N) is 5. The molecule has 2 aromatic heterocycles. The van der Waals surface area contributed by atoms with E-state index in [0.717, 1.165) is 54.5 Å². The number of hydrogen-bond acceptors (Lipinski definition) is 7. The van der Waals surface area contributed by atoms with Gasteiger partial charge in [-0.1, -0.05) is 0 Å². The van der Waals surface area contributed by atoms with Crippen LogP contribution in [0, 0.1) is 0 Å². The summed E-state index contributed by atoms with van der Waals surface area (Å²) in [7, 11) is 3.27. The van der Waals surface area contributed by atoms with Crippen molar-refractivity contribution < 1.29 is 14.6 Å². The lowest BCUT2D eigenvalue weighted by atomic mass is 10.1.